The van der Waals surface area contributed by atoms with Crippen molar-refractivity contribution in [2.75, 3.05) is 18.2 Å². The second-order valence-corrected chi connectivity index (χ2v) is 6.58. The molecule has 5 nitrogen and oxygen atoms in total. The summed E-state index contributed by atoms with van der Waals surface area (Å²) in [5, 5.41) is 11.5. The minimum atomic E-state index is -0.813. The van der Waals surface area contributed by atoms with Gasteiger partial charge in [0.1, 0.15) is 5.75 Å². The van der Waals surface area contributed by atoms with Gasteiger partial charge >= 0.3 is 5.97 Å². The van der Waals surface area contributed by atoms with E-state index in [-0.39, 0.29) is 12.3 Å². The summed E-state index contributed by atoms with van der Waals surface area (Å²) in [5.74, 6) is 0.648. The van der Waals surface area contributed by atoms with Gasteiger partial charge in [0, 0.05) is 29.2 Å². The number of thioether (sulfide) groups is 1. The Morgan fingerprint density at radius 3 is 2.32 bits per heavy atom. The van der Waals surface area contributed by atoms with Gasteiger partial charge < -0.3 is 15.2 Å². The summed E-state index contributed by atoms with van der Waals surface area (Å²) in [6.45, 7) is 0. The standard InChI is InChI=1S/C19H21NO4S/c1-24-16-7-9-17(10-8-16)25-13-12-18(21)20-15-5-2-14(3-6-15)4-11-19(22)23/h2-3,5-10H,4,11-13H2,1H3,(H,20,21)(H,22,23). The van der Waals surface area contributed by atoms with E-state index in [9.17, 15) is 9.59 Å². The number of rotatable bonds is 9. The summed E-state index contributed by atoms with van der Waals surface area (Å²) in [5.41, 5.74) is 1.66. The molecule has 2 N–H and O–H groups in total. The van der Waals surface area contributed by atoms with Crippen LogP contribution in [0, 0.1) is 0 Å². The Morgan fingerprint density at radius 1 is 1.04 bits per heavy atom. The predicted molar refractivity (Wildman–Crippen MR) is 99.4 cm³/mol. The zero-order valence-corrected chi connectivity index (χ0v) is 14.8. The highest BCUT2D eigenvalue weighted by Gasteiger charge is 2.04. The largest absolute Gasteiger partial charge is 0.497 e. The van der Waals surface area contributed by atoms with Gasteiger partial charge in [-0.25, -0.2) is 0 Å². The highest BCUT2D eigenvalue weighted by molar-refractivity contribution is 7.99. The first-order valence-electron chi connectivity index (χ1n) is 7.94. The third-order valence-corrected chi connectivity index (χ3v) is 4.54. The lowest BCUT2D eigenvalue weighted by Gasteiger charge is -2.07. The molecule has 2 aromatic rings. The van der Waals surface area contributed by atoms with Gasteiger partial charge in [-0.15, -0.1) is 11.8 Å². The number of amides is 1. The molecule has 6 heteroatoms. The number of aryl methyl sites for hydroxylation is 1. The fourth-order valence-corrected chi connectivity index (χ4v) is 3.01. The van der Waals surface area contributed by atoms with E-state index in [1.807, 2.05) is 36.4 Å². The maximum atomic E-state index is 12.0. The molecule has 0 unspecified atom stereocenters. The normalized spacial score (nSPS) is 10.3. The number of aliphatic carboxylic acids is 1. The van der Waals surface area contributed by atoms with Crippen molar-refractivity contribution in [3.63, 3.8) is 0 Å². The Hall–Kier alpha value is -2.47. The fraction of sp³-hybridized carbons (Fsp3) is 0.263. The summed E-state index contributed by atoms with van der Waals surface area (Å²) in [6, 6.07) is 15.0. The highest BCUT2D eigenvalue weighted by atomic mass is 32.2. The molecule has 132 valence electrons. The van der Waals surface area contributed by atoms with Gasteiger partial charge in [-0.3, -0.25) is 9.59 Å². The number of hydrogen-bond donors (Lipinski definition) is 2. The summed E-state index contributed by atoms with van der Waals surface area (Å²) in [6.07, 6.45) is 1.01. The molecule has 25 heavy (non-hydrogen) atoms. The van der Waals surface area contributed by atoms with E-state index in [1.165, 1.54) is 0 Å². The van der Waals surface area contributed by atoms with Gasteiger partial charge in [0.05, 0.1) is 7.11 Å². The lowest BCUT2D eigenvalue weighted by Crippen LogP contribution is -2.12. The van der Waals surface area contributed by atoms with Crippen LogP contribution in [0.5, 0.6) is 5.75 Å². The molecule has 0 fully saturated rings. The SMILES string of the molecule is COc1ccc(SCCC(=O)Nc2ccc(CCC(=O)O)cc2)cc1. The predicted octanol–water partition coefficient (Wildman–Crippen LogP) is 3.83. The molecular weight excluding hydrogens is 338 g/mol. The number of carboxylic acids is 1. The molecular formula is C19H21NO4S. The number of hydrogen-bond acceptors (Lipinski definition) is 4. The van der Waals surface area contributed by atoms with E-state index in [0.717, 1.165) is 21.9 Å². The summed E-state index contributed by atoms with van der Waals surface area (Å²) >= 11 is 1.62. The average molecular weight is 359 g/mol. The van der Waals surface area contributed by atoms with Crippen LogP contribution in [0.1, 0.15) is 18.4 Å². The fourth-order valence-electron chi connectivity index (χ4n) is 2.16. The molecule has 0 bridgehead atoms. The molecule has 0 aliphatic rings. The zero-order valence-electron chi connectivity index (χ0n) is 14.0. The Balaban J connectivity index is 1.73. The summed E-state index contributed by atoms with van der Waals surface area (Å²) < 4.78 is 5.11. The minimum absolute atomic E-state index is 0.0423. The molecule has 0 saturated heterocycles. The van der Waals surface area contributed by atoms with Gasteiger partial charge in [-0.2, -0.15) is 0 Å². The average Bonchev–Trinajstić information content (AvgIpc) is 2.61. The number of ether oxygens (including phenoxy) is 1. The first-order chi connectivity index (χ1) is 12.1. The smallest absolute Gasteiger partial charge is 0.303 e. The maximum absolute atomic E-state index is 12.0. The Morgan fingerprint density at radius 2 is 1.72 bits per heavy atom. The molecule has 2 aromatic carbocycles. The Labute approximate surface area is 151 Å². The van der Waals surface area contributed by atoms with Crippen LogP contribution in [-0.4, -0.2) is 29.8 Å². The van der Waals surface area contributed by atoms with Gasteiger partial charge in [0.15, 0.2) is 0 Å². The van der Waals surface area contributed by atoms with Crippen molar-refractivity contribution >= 4 is 29.3 Å². The van der Waals surface area contributed by atoms with Crippen molar-refractivity contribution in [2.24, 2.45) is 0 Å². The van der Waals surface area contributed by atoms with Crippen LogP contribution in [0.4, 0.5) is 5.69 Å². The van der Waals surface area contributed by atoms with Crippen molar-refractivity contribution in [3.05, 3.63) is 54.1 Å². The Bertz CT molecular complexity index is 698. The third-order valence-electron chi connectivity index (χ3n) is 3.52. The molecule has 0 aliphatic heterocycles. The first-order valence-corrected chi connectivity index (χ1v) is 8.93. The number of nitrogens with one attached hydrogen (secondary N) is 1. The number of carbonyl (C=O) groups excluding carboxylic acids is 1. The van der Waals surface area contributed by atoms with E-state index in [0.29, 0.717) is 18.6 Å². The molecule has 0 aromatic heterocycles. The van der Waals surface area contributed by atoms with Crippen LogP contribution >= 0.6 is 11.8 Å². The van der Waals surface area contributed by atoms with Crippen molar-refractivity contribution in [1.29, 1.82) is 0 Å². The molecule has 2 rings (SSSR count). The van der Waals surface area contributed by atoms with Crippen LogP contribution in [0.15, 0.2) is 53.4 Å². The van der Waals surface area contributed by atoms with Gasteiger partial charge in [-0.1, -0.05) is 12.1 Å². The first kappa shape index (κ1) is 18.9. The monoisotopic (exact) mass is 359 g/mol. The summed E-state index contributed by atoms with van der Waals surface area (Å²) in [7, 11) is 1.63. The van der Waals surface area contributed by atoms with Crippen molar-refractivity contribution in [1.82, 2.24) is 0 Å². The van der Waals surface area contributed by atoms with Crippen molar-refractivity contribution in [2.45, 2.75) is 24.2 Å². The van der Waals surface area contributed by atoms with Crippen molar-refractivity contribution < 1.29 is 19.4 Å². The van der Waals surface area contributed by atoms with Gasteiger partial charge in [0.2, 0.25) is 5.91 Å². The third kappa shape index (κ3) is 6.89. The number of benzene rings is 2. The van der Waals surface area contributed by atoms with E-state index in [4.69, 9.17) is 9.84 Å². The lowest BCUT2D eigenvalue weighted by molar-refractivity contribution is -0.137. The molecule has 1 amide bonds. The number of methoxy groups -OCH3 is 1. The van der Waals surface area contributed by atoms with E-state index in [1.54, 1.807) is 31.0 Å². The van der Waals surface area contributed by atoms with E-state index < -0.39 is 5.97 Å². The second kappa shape index (κ2) is 9.74. The van der Waals surface area contributed by atoms with Gasteiger partial charge in [-0.05, 0) is 48.4 Å². The number of carboxylic acid groups (broad SMARTS) is 1. The summed E-state index contributed by atoms with van der Waals surface area (Å²) in [4.78, 5) is 23.6. The number of carbonyl (C=O) groups is 2. The molecule has 0 radical (unpaired) electrons. The molecule has 0 aliphatic carbocycles. The second-order valence-electron chi connectivity index (χ2n) is 5.41. The molecule has 0 spiro atoms. The van der Waals surface area contributed by atoms with Crippen LogP contribution in [-0.2, 0) is 16.0 Å². The van der Waals surface area contributed by atoms with Crippen LogP contribution in [0.25, 0.3) is 0 Å². The highest BCUT2D eigenvalue weighted by Crippen LogP contribution is 2.22. The van der Waals surface area contributed by atoms with Gasteiger partial charge in [0.25, 0.3) is 0 Å². The number of anilines is 1. The maximum Gasteiger partial charge on any atom is 0.303 e. The minimum Gasteiger partial charge on any atom is -0.497 e. The van der Waals surface area contributed by atoms with E-state index in [2.05, 4.69) is 5.32 Å². The van der Waals surface area contributed by atoms with Crippen LogP contribution < -0.4 is 10.1 Å². The van der Waals surface area contributed by atoms with E-state index >= 15 is 0 Å². The molecule has 0 heterocycles. The molecule has 0 atom stereocenters. The van der Waals surface area contributed by atoms with Crippen LogP contribution in [0.3, 0.4) is 0 Å². The zero-order chi connectivity index (χ0) is 18.1. The topological polar surface area (TPSA) is 75.6 Å². The lowest BCUT2D eigenvalue weighted by atomic mass is 10.1. The Kier molecular flexibility index (Phi) is 7.35. The molecule has 0 saturated carbocycles. The quantitative estimate of drug-likeness (QED) is 0.666. The van der Waals surface area contributed by atoms with Crippen molar-refractivity contribution in [3.8, 4) is 5.75 Å². The van der Waals surface area contributed by atoms with Crippen LogP contribution in [0.2, 0.25) is 0 Å².